The van der Waals surface area contributed by atoms with Crippen LogP contribution in [0, 0.1) is 0 Å². The van der Waals surface area contributed by atoms with E-state index in [1.165, 1.54) is 38.6 Å². The normalized spacial score (nSPS) is 14.4. The molecule has 0 atom stereocenters. The third-order valence-electron chi connectivity index (χ3n) is 8.86. The van der Waals surface area contributed by atoms with E-state index in [-0.39, 0.29) is 0 Å². The number of para-hydroxylation sites is 1. The molecular weight excluding hydrogens is 538 g/mol. The number of allylic oxidation sites excluding steroid dienone is 5. The zero-order valence-electron chi connectivity index (χ0n) is 24.2. The quantitative estimate of drug-likeness (QED) is 0.213. The summed E-state index contributed by atoms with van der Waals surface area (Å²) in [6, 6.07) is 33.7. The molecule has 0 amide bonds. The van der Waals surface area contributed by atoms with Crippen molar-refractivity contribution >= 4 is 44.5 Å². The summed E-state index contributed by atoms with van der Waals surface area (Å²) >= 11 is 0. The molecule has 0 saturated carbocycles. The van der Waals surface area contributed by atoms with Gasteiger partial charge in [0.25, 0.3) is 0 Å². The Kier molecular flexibility index (Phi) is 5.69. The van der Waals surface area contributed by atoms with Crippen molar-refractivity contribution in [3.63, 3.8) is 0 Å². The van der Waals surface area contributed by atoms with E-state index in [1.54, 1.807) is 0 Å². The van der Waals surface area contributed by atoms with Gasteiger partial charge < -0.3 is 4.57 Å². The molecule has 2 aliphatic rings. The molecule has 9 rings (SSSR count). The average molecular weight is 568 g/mol. The van der Waals surface area contributed by atoms with Crippen LogP contribution in [0.2, 0.25) is 0 Å². The van der Waals surface area contributed by atoms with E-state index in [2.05, 4.69) is 100 Å². The van der Waals surface area contributed by atoms with Crippen LogP contribution < -0.4 is 0 Å². The lowest BCUT2D eigenvalue weighted by Crippen LogP contribution is -2.06. The Balaban J connectivity index is 1.37. The van der Waals surface area contributed by atoms with Gasteiger partial charge >= 0.3 is 0 Å². The molecular formula is C39H29N5. The Hall–Kier alpha value is -5.55. The summed E-state index contributed by atoms with van der Waals surface area (Å²) in [5, 5.41) is 3.63. The molecule has 0 radical (unpaired) electrons. The first kappa shape index (κ1) is 25.0. The number of fused-ring (bicyclic) bond motifs is 6. The molecule has 3 aromatic heterocycles. The Labute approximate surface area is 255 Å². The lowest BCUT2D eigenvalue weighted by atomic mass is 10.0. The molecule has 4 aromatic carbocycles. The van der Waals surface area contributed by atoms with E-state index in [0.29, 0.717) is 17.6 Å². The monoisotopic (exact) mass is 567 g/mol. The molecule has 0 aliphatic heterocycles. The van der Waals surface area contributed by atoms with Gasteiger partial charge in [-0.25, -0.2) is 4.98 Å². The predicted molar refractivity (Wildman–Crippen MR) is 181 cm³/mol. The molecule has 7 aromatic rings. The van der Waals surface area contributed by atoms with Gasteiger partial charge in [0.1, 0.15) is 0 Å². The fraction of sp³-hybridized carbons (Fsp3) is 0.103. The smallest absolute Gasteiger partial charge is 0.238 e. The second-order valence-electron chi connectivity index (χ2n) is 11.5. The third kappa shape index (κ3) is 3.89. The van der Waals surface area contributed by atoms with Gasteiger partial charge in [0.2, 0.25) is 5.95 Å². The summed E-state index contributed by atoms with van der Waals surface area (Å²) in [6.45, 7) is 0. The SMILES string of the molecule is C1=CC(n2c3c(c4cc5c(cc42)c2ccccc2n5-c2nc(-c4ccccc4)nc(-c4ccccc4)n2)C=CCC3)=CCC1. The first-order chi connectivity index (χ1) is 21.8. The van der Waals surface area contributed by atoms with Crippen LogP contribution in [0.5, 0.6) is 0 Å². The molecule has 5 nitrogen and oxygen atoms in total. The van der Waals surface area contributed by atoms with E-state index < -0.39 is 0 Å². The molecule has 0 spiro atoms. The molecule has 0 saturated heterocycles. The van der Waals surface area contributed by atoms with Gasteiger partial charge in [-0.1, -0.05) is 103 Å². The maximum Gasteiger partial charge on any atom is 0.238 e. The van der Waals surface area contributed by atoms with E-state index in [0.717, 1.165) is 47.8 Å². The number of aromatic nitrogens is 5. The third-order valence-corrected chi connectivity index (χ3v) is 8.86. The van der Waals surface area contributed by atoms with E-state index in [4.69, 9.17) is 15.0 Å². The molecule has 2 aliphatic carbocycles. The predicted octanol–water partition coefficient (Wildman–Crippen LogP) is 9.41. The van der Waals surface area contributed by atoms with Crippen molar-refractivity contribution in [2.75, 3.05) is 0 Å². The summed E-state index contributed by atoms with van der Waals surface area (Å²) in [7, 11) is 0. The van der Waals surface area contributed by atoms with Crippen LogP contribution in [0.25, 0.3) is 73.2 Å². The zero-order chi connectivity index (χ0) is 29.0. The number of nitrogens with zero attached hydrogens (tertiary/aromatic N) is 5. The lowest BCUT2D eigenvalue weighted by molar-refractivity contribution is 0.892. The maximum atomic E-state index is 5.12. The fourth-order valence-electron chi connectivity index (χ4n) is 6.85. The van der Waals surface area contributed by atoms with Crippen molar-refractivity contribution in [2.24, 2.45) is 0 Å². The van der Waals surface area contributed by atoms with Gasteiger partial charge in [-0.05, 0) is 50.0 Å². The Bertz CT molecular complexity index is 2260. The molecule has 44 heavy (non-hydrogen) atoms. The highest BCUT2D eigenvalue weighted by Crippen LogP contribution is 2.40. The van der Waals surface area contributed by atoms with Crippen molar-refractivity contribution in [3.8, 4) is 28.7 Å². The number of rotatable bonds is 4. The van der Waals surface area contributed by atoms with Crippen LogP contribution in [-0.4, -0.2) is 24.1 Å². The minimum absolute atomic E-state index is 0.616. The van der Waals surface area contributed by atoms with Gasteiger partial charge in [0, 0.05) is 44.2 Å². The average Bonchev–Trinajstić information content (AvgIpc) is 3.60. The van der Waals surface area contributed by atoms with Gasteiger partial charge in [-0.2, -0.15) is 9.97 Å². The number of hydrogen-bond donors (Lipinski definition) is 0. The molecule has 0 bridgehead atoms. The summed E-state index contributed by atoms with van der Waals surface area (Å²) in [5.74, 6) is 1.93. The van der Waals surface area contributed by atoms with Crippen LogP contribution in [0.15, 0.2) is 121 Å². The molecule has 0 N–H and O–H groups in total. The van der Waals surface area contributed by atoms with Crippen molar-refractivity contribution in [2.45, 2.75) is 25.7 Å². The highest BCUT2D eigenvalue weighted by molar-refractivity contribution is 6.14. The summed E-state index contributed by atoms with van der Waals surface area (Å²) in [6.07, 6.45) is 15.9. The zero-order valence-corrected chi connectivity index (χ0v) is 24.2. The first-order valence-corrected chi connectivity index (χ1v) is 15.3. The van der Waals surface area contributed by atoms with Gasteiger partial charge in [-0.15, -0.1) is 0 Å². The van der Waals surface area contributed by atoms with Crippen molar-refractivity contribution in [1.82, 2.24) is 24.1 Å². The Morgan fingerprint density at radius 1 is 0.523 bits per heavy atom. The maximum absolute atomic E-state index is 5.12. The molecule has 0 unspecified atom stereocenters. The second-order valence-corrected chi connectivity index (χ2v) is 11.5. The molecule has 210 valence electrons. The summed E-state index contributed by atoms with van der Waals surface area (Å²) < 4.78 is 4.72. The summed E-state index contributed by atoms with van der Waals surface area (Å²) in [4.78, 5) is 15.2. The molecule has 5 heteroatoms. The molecule has 3 heterocycles. The van der Waals surface area contributed by atoms with Crippen molar-refractivity contribution in [1.29, 1.82) is 0 Å². The van der Waals surface area contributed by atoms with Crippen LogP contribution in [-0.2, 0) is 6.42 Å². The largest absolute Gasteiger partial charge is 0.313 e. The Morgan fingerprint density at radius 3 is 1.91 bits per heavy atom. The topological polar surface area (TPSA) is 48.5 Å². The minimum atomic E-state index is 0.616. The second kappa shape index (κ2) is 10.0. The molecule has 0 fully saturated rings. The Morgan fingerprint density at radius 2 is 1.18 bits per heavy atom. The van der Waals surface area contributed by atoms with E-state index >= 15 is 0 Å². The van der Waals surface area contributed by atoms with E-state index in [1.807, 2.05) is 36.4 Å². The fourth-order valence-corrected chi connectivity index (χ4v) is 6.85. The lowest BCUT2D eigenvalue weighted by Gasteiger charge is -2.16. The van der Waals surface area contributed by atoms with Crippen LogP contribution in [0.1, 0.15) is 30.5 Å². The number of hydrogen-bond acceptors (Lipinski definition) is 3. The highest BCUT2D eigenvalue weighted by Gasteiger charge is 2.23. The summed E-state index contributed by atoms with van der Waals surface area (Å²) in [5.41, 5.74) is 9.32. The standard InChI is InChI=1S/C39H29N5/c1-4-14-26(15-5-1)37-40-38(27-16-6-2-7-17-27)42-39(41-37)44-34-23-13-11-21-30(34)32-24-35-31(25-36(32)44)29-20-10-12-22-33(29)43(35)28-18-8-3-9-19-28/h1-2,4-8,10-11,13-21,23-25H,3,9,12,22H2. The van der Waals surface area contributed by atoms with Crippen molar-refractivity contribution in [3.05, 3.63) is 133 Å². The van der Waals surface area contributed by atoms with Crippen LogP contribution >= 0.6 is 0 Å². The van der Waals surface area contributed by atoms with Crippen LogP contribution in [0.3, 0.4) is 0 Å². The minimum Gasteiger partial charge on any atom is -0.313 e. The van der Waals surface area contributed by atoms with Gasteiger partial charge in [-0.3, -0.25) is 4.57 Å². The van der Waals surface area contributed by atoms with E-state index in [9.17, 15) is 0 Å². The van der Waals surface area contributed by atoms with Gasteiger partial charge in [0.15, 0.2) is 11.6 Å². The highest BCUT2D eigenvalue weighted by atomic mass is 15.2. The van der Waals surface area contributed by atoms with Crippen LogP contribution in [0.4, 0.5) is 0 Å². The van der Waals surface area contributed by atoms with Crippen molar-refractivity contribution < 1.29 is 0 Å². The van der Waals surface area contributed by atoms with Gasteiger partial charge in [0.05, 0.1) is 16.6 Å². The first-order valence-electron chi connectivity index (χ1n) is 15.3. The number of benzene rings is 4.